The molecule has 2 unspecified atom stereocenters. The Hall–Kier alpha value is -3.75. The summed E-state index contributed by atoms with van der Waals surface area (Å²) in [7, 11) is 5.35. The molecule has 8 heteroatoms. The van der Waals surface area contributed by atoms with Gasteiger partial charge in [0, 0.05) is 19.3 Å². The summed E-state index contributed by atoms with van der Waals surface area (Å²) in [4.78, 5) is 36.6. The first-order valence-electron chi connectivity index (χ1n) is 19.3. The molecule has 0 N–H and O–H groups in total. The zero-order valence-electron chi connectivity index (χ0n) is 32.9. The SMILES string of the molecule is CC/C=C/C/C=C/C/C=C/C/C=C/C/C=C/CCCC(=O)OCC(COCCC(C(=O)[O-])[N+](C)(C)C)OC(=O)CCC/C=C/C/C=C/C/C=C/CC. The summed E-state index contributed by atoms with van der Waals surface area (Å²) >= 11 is 0. The minimum absolute atomic E-state index is 0.00432. The Kier molecular flexibility index (Phi) is 31.9. The Balaban J connectivity index is 4.58. The van der Waals surface area contributed by atoms with Crippen molar-refractivity contribution in [3.05, 3.63) is 97.2 Å². The highest BCUT2D eigenvalue weighted by Gasteiger charge is 2.25. The van der Waals surface area contributed by atoms with Crippen molar-refractivity contribution < 1.29 is 38.2 Å². The molecule has 0 saturated heterocycles. The molecule has 0 spiro atoms. The summed E-state index contributed by atoms with van der Waals surface area (Å²) in [6, 6.07) is -0.747. The van der Waals surface area contributed by atoms with E-state index < -0.39 is 24.1 Å². The number of unbranched alkanes of at least 4 members (excludes halogenated alkanes) is 2. The first-order valence-corrected chi connectivity index (χ1v) is 19.3. The van der Waals surface area contributed by atoms with Gasteiger partial charge in [0.25, 0.3) is 0 Å². The highest BCUT2D eigenvalue weighted by atomic mass is 16.6. The van der Waals surface area contributed by atoms with Gasteiger partial charge in [-0.3, -0.25) is 9.59 Å². The first-order chi connectivity index (χ1) is 25.1. The van der Waals surface area contributed by atoms with Gasteiger partial charge in [-0.1, -0.05) is 111 Å². The number of carbonyl (C=O) groups excluding carboxylic acids is 3. The van der Waals surface area contributed by atoms with E-state index in [4.69, 9.17) is 14.2 Å². The number of aliphatic carboxylic acids is 1. The normalized spacial score (nSPS) is 14.1. The monoisotopic (exact) mass is 724 g/mol. The van der Waals surface area contributed by atoms with Crippen molar-refractivity contribution in [2.24, 2.45) is 0 Å². The number of quaternary nitrogens is 1. The van der Waals surface area contributed by atoms with Crippen LogP contribution in [0.5, 0.6) is 0 Å². The lowest BCUT2D eigenvalue weighted by atomic mass is 10.1. The van der Waals surface area contributed by atoms with Crippen molar-refractivity contribution in [2.45, 2.75) is 122 Å². The fourth-order valence-corrected chi connectivity index (χ4v) is 4.77. The number of hydrogen-bond acceptors (Lipinski definition) is 7. The van der Waals surface area contributed by atoms with Crippen LogP contribution in [0.25, 0.3) is 0 Å². The van der Waals surface area contributed by atoms with E-state index in [1.165, 1.54) is 0 Å². The molecule has 0 amide bonds. The van der Waals surface area contributed by atoms with Gasteiger partial charge in [0.05, 0.1) is 40.3 Å². The molecule has 2 atom stereocenters. The predicted octanol–water partition coefficient (Wildman–Crippen LogP) is 8.62. The van der Waals surface area contributed by atoms with E-state index in [-0.39, 0.29) is 49.5 Å². The van der Waals surface area contributed by atoms with Gasteiger partial charge < -0.3 is 28.6 Å². The van der Waals surface area contributed by atoms with E-state index in [9.17, 15) is 19.5 Å². The summed E-state index contributed by atoms with van der Waals surface area (Å²) in [5.74, 6) is -1.90. The second-order valence-electron chi connectivity index (χ2n) is 13.4. The maximum atomic E-state index is 12.6. The number of carboxylic acids is 1. The van der Waals surface area contributed by atoms with Gasteiger partial charge in [-0.2, -0.15) is 0 Å². The zero-order valence-corrected chi connectivity index (χ0v) is 32.9. The zero-order chi connectivity index (χ0) is 38.5. The lowest BCUT2D eigenvalue weighted by Crippen LogP contribution is -2.55. The van der Waals surface area contributed by atoms with Crippen molar-refractivity contribution in [1.82, 2.24) is 0 Å². The Morgan fingerprint density at radius 2 is 0.981 bits per heavy atom. The van der Waals surface area contributed by atoms with E-state index in [1.807, 2.05) is 0 Å². The maximum Gasteiger partial charge on any atom is 0.306 e. The van der Waals surface area contributed by atoms with Crippen LogP contribution >= 0.6 is 0 Å². The van der Waals surface area contributed by atoms with Crippen LogP contribution in [0.1, 0.15) is 110 Å². The number of hydrogen-bond donors (Lipinski definition) is 0. The van der Waals surface area contributed by atoms with Gasteiger partial charge in [0.15, 0.2) is 6.10 Å². The van der Waals surface area contributed by atoms with Crippen LogP contribution in [0.2, 0.25) is 0 Å². The summed E-state index contributed by atoms with van der Waals surface area (Å²) in [6.07, 6.45) is 44.6. The fraction of sp³-hybridized carbons (Fsp3) is 0.568. The minimum Gasteiger partial charge on any atom is -0.544 e. The third-order valence-corrected chi connectivity index (χ3v) is 7.72. The number of carboxylic acid groups (broad SMARTS) is 1. The molecule has 0 aliphatic heterocycles. The average molecular weight is 724 g/mol. The number of nitrogens with zero attached hydrogens (tertiary/aromatic N) is 1. The molecule has 0 fully saturated rings. The molecule has 0 bridgehead atoms. The fourth-order valence-electron chi connectivity index (χ4n) is 4.77. The van der Waals surface area contributed by atoms with Gasteiger partial charge in [0.1, 0.15) is 12.6 Å². The third kappa shape index (κ3) is 32.2. The molecule has 0 aliphatic carbocycles. The van der Waals surface area contributed by atoms with Crippen molar-refractivity contribution in [3.8, 4) is 0 Å². The third-order valence-electron chi connectivity index (χ3n) is 7.72. The molecule has 0 saturated carbocycles. The quantitative estimate of drug-likeness (QED) is 0.0297. The lowest BCUT2D eigenvalue weighted by Gasteiger charge is -2.34. The second kappa shape index (κ2) is 34.3. The summed E-state index contributed by atoms with van der Waals surface area (Å²) in [5.41, 5.74) is 0. The largest absolute Gasteiger partial charge is 0.544 e. The van der Waals surface area contributed by atoms with Crippen LogP contribution in [0.15, 0.2) is 97.2 Å². The van der Waals surface area contributed by atoms with E-state index in [0.717, 1.165) is 64.2 Å². The lowest BCUT2D eigenvalue weighted by molar-refractivity contribution is -0.889. The molecule has 52 heavy (non-hydrogen) atoms. The molecular formula is C44H69NO7. The average Bonchev–Trinajstić information content (AvgIpc) is 3.09. The van der Waals surface area contributed by atoms with Crippen LogP contribution < -0.4 is 5.11 Å². The van der Waals surface area contributed by atoms with Crippen LogP contribution in [0, 0.1) is 0 Å². The number of likely N-dealkylation sites (N-methyl/N-ethyl adjacent to an activating group) is 1. The Morgan fingerprint density at radius 1 is 0.577 bits per heavy atom. The minimum atomic E-state index is -1.15. The van der Waals surface area contributed by atoms with Gasteiger partial charge in [-0.05, 0) is 77.0 Å². The number of esters is 2. The van der Waals surface area contributed by atoms with Crippen molar-refractivity contribution in [2.75, 3.05) is 41.0 Å². The van der Waals surface area contributed by atoms with Gasteiger partial charge in [-0.25, -0.2) is 0 Å². The maximum absolute atomic E-state index is 12.6. The smallest absolute Gasteiger partial charge is 0.306 e. The van der Waals surface area contributed by atoms with Crippen LogP contribution in [0.4, 0.5) is 0 Å². The van der Waals surface area contributed by atoms with Gasteiger partial charge >= 0.3 is 11.9 Å². The van der Waals surface area contributed by atoms with Crippen molar-refractivity contribution >= 4 is 17.9 Å². The molecule has 0 heterocycles. The molecule has 0 aliphatic rings. The molecular weight excluding hydrogens is 654 g/mol. The highest BCUT2D eigenvalue weighted by molar-refractivity contribution is 5.70. The molecule has 0 aromatic carbocycles. The van der Waals surface area contributed by atoms with Gasteiger partial charge in [-0.15, -0.1) is 0 Å². The summed E-state index contributed by atoms with van der Waals surface area (Å²) < 4.78 is 16.9. The van der Waals surface area contributed by atoms with Crippen LogP contribution in [0.3, 0.4) is 0 Å². The summed E-state index contributed by atoms with van der Waals surface area (Å²) in [5, 5.41) is 11.6. The number of ether oxygens (including phenoxy) is 3. The van der Waals surface area contributed by atoms with Crippen LogP contribution in [-0.2, 0) is 28.6 Å². The highest BCUT2D eigenvalue weighted by Crippen LogP contribution is 2.10. The van der Waals surface area contributed by atoms with E-state index >= 15 is 0 Å². The number of carbonyl (C=O) groups is 3. The van der Waals surface area contributed by atoms with E-state index in [1.54, 1.807) is 21.1 Å². The molecule has 0 aromatic rings. The summed E-state index contributed by atoms with van der Waals surface area (Å²) in [6.45, 7) is 4.26. The molecule has 8 nitrogen and oxygen atoms in total. The Morgan fingerprint density at radius 3 is 1.38 bits per heavy atom. The van der Waals surface area contributed by atoms with Crippen molar-refractivity contribution in [1.29, 1.82) is 0 Å². The standard InChI is InChI=1S/C44H69NO7/c1-6-8-10-12-14-16-18-19-20-21-22-23-25-26-28-30-32-34-42(46)51-39-40(38-50-37-36-41(44(48)49)45(3,4)5)52-43(47)35-33-31-29-27-24-17-15-13-11-9-7-2/h8-11,14-17,19-20,22-23,26-29,40-41H,6-7,12-13,18,21,24-25,30-39H2,1-5H3/b10-8+,11-9+,16-14+,17-15+,20-19+,23-22+,28-26+,29-27+. The number of allylic oxidation sites excluding steroid dienone is 16. The van der Waals surface area contributed by atoms with Crippen LogP contribution in [-0.4, -0.2) is 75.5 Å². The Bertz CT molecular complexity index is 1170. The molecule has 0 aromatic heterocycles. The van der Waals surface area contributed by atoms with E-state index in [2.05, 4.69) is 111 Å². The molecule has 292 valence electrons. The van der Waals surface area contributed by atoms with E-state index in [0.29, 0.717) is 12.8 Å². The second-order valence-corrected chi connectivity index (χ2v) is 13.4. The van der Waals surface area contributed by atoms with Gasteiger partial charge in [0.2, 0.25) is 0 Å². The number of rotatable bonds is 32. The molecule has 0 radical (unpaired) electrons. The Labute approximate surface area is 316 Å². The first kappa shape index (κ1) is 48.2. The molecule has 0 rings (SSSR count). The topological polar surface area (TPSA) is 102 Å². The predicted molar refractivity (Wildman–Crippen MR) is 212 cm³/mol. The van der Waals surface area contributed by atoms with Crippen molar-refractivity contribution in [3.63, 3.8) is 0 Å².